The summed E-state index contributed by atoms with van der Waals surface area (Å²) in [4.78, 5) is 40.9. The van der Waals surface area contributed by atoms with E-state index in [1.807, 2.05) is 13.8 Å². The topological polar surface area (TPSA) is 79.0 Å². The highest BCUT2D eigenvalue weighted by Gasteiger charge is 2.45. The van der Waals surface area contributed by atoms with Crippen LogP contribution in [0.4, 0.5) is 0 Å². The molecule has 2 aliphatic heterocycles. The first kappa shape index (κ1) is 17.3. The molecular formula is C18H23N3O4. The zero-order valence-electron chi connectivity index (χ0n) is 14.7. The van der Waals surface area contributed by atoms with Gasteiger partial charge in [-0.3, -0.25) is 14.4 Å². The molecule has 1 aromatic carbocycles. The number of benzene rings is 1. The van der Waals surface area contributed by atoms with E-state index in [2.05, 4.69) is 5.32 Å². The van der Waals surface area contributed by atoms with Crippen LogP contribution < -0.4 is 10.1 Å². The van der Waals surface area contributed by atoms with Crippen molar-refractivity contribution < 1.29 is 19.1 Å². The summed E-state index contributed by atoms with van der Waals surface area (Å²) in [5.74, 6) is 0.324. The van der Waals surface area contributed by atoms with Crippen molar-refractivity contribution >= 4 is 17.7 Å². The molecule has 2 saturated heterocycles. The van der Waals surface area contributed by atoms with Crippen molar-refractivity contribution in [3.8, 4) is 5.75 Å². The smallest absolute Gasteiger partial charge is 0.254 e. The predicted octanol–water partition coefficient (Wildman–Crippen LogP) is 0.503. The molecule has 25 heavy (non-hydrogen) atoms. The summed E-state index contributed by atoms with van der Waals surface area (Å²) in [6.07, 6.45) is 0. The first-order chi connectivity index (χ1) is 11.9. The van der Waals surface area contributed by atoms with Gasteiger partial charge in [0.1, 0.15) is 17.8 Å². The predicted molar refractivity (Wildman–Crippen MR) is 91.2 cm³/mol. The van der Waals surface area contributed by atoms with E-state index in [0.717, 1.165) is 0 Å². The van der Waals surface area contributed by atoms with Gasteiger partial charge in [0.25, 0.3) is 5.91 Å². The summed E-state index contributed by atoms with van der Waals surface area (Å²) in [5.41, 5.74) is 0.539. The third kappa shape index (κ3) is 3.18. The van der Waals surface area contributed by atoms with E-state index in [-0.39, 0.29) is 30.2 Å². The highest BCUT2D eigenvalue weighted by molar-refractivity contribution is 5.99. The molecule has 0 unspecified atom stereocenters. The molecule has 3 amide bonds. The fourth-order valence-electron chi connectivity index (χ4n) is 3.31. The van der Waals surface area contributed by atoms with Crippen LogP contribution in [0.5, 0.6) is 5.75 Å². The van der Waals surface area contributed by atoms with Gasteiger partial charge in [0.05, 0.1) is 13.7 Å². The van der Waals surface area contributed by atoms with Crippen LogP contribution in [0.3, 0.4) is 0 Å². The molecule has 0 radical (unpaired) electrons. The monoisotopic (exact) mass is 345 g/mol. The Kier molecular flexibility index (Phi) is 4.65. The molecular weight excluding hydrogens is 322 g/mol. The molecule has 0 aliphatic carbocycles. The van der Waals surface area contributed by atoms with Crippen LogP contribution in [0.1, 0.15) is 24.2 Å². The van der Waals surface area contributed by atoms with Crippen LogP contribution in [0.15, 0.2) is 24.3 Å². The number of methoxy groups -OCH3 is 1. The van der Waals surface area contributed by atoms with Gasteiger partial charge in [-0.1, -0.05) is 13.8 Å². The minimum absolute atomic E-state index is 0.0383. The third-order valence-corrected chi connectivity index (χ3v) is 4.82. The number of carbonyl (C=O) groups is 3. The Hall–Kier alpha value is -2.57. The Morgan fingerprint density at radius 3 is 2.48 bits per heavy atom. The Balaban J connectivity index is 1.73. The molecule has 0 spiro atoms. The maximum atomic E-state index is 12.7. The number of hydrogen-bond donors (Lipinski definition) is 1. The van der Waals surface area contributed by atoms with Gasteiger partial charge in [0, 0.05) is 18.7 Å². The van der Waals surface area contributed by atoms with E-state index in [1.54, 1.807) is 41.2 Å². The van der Waals surface area contributed by atoms with Gasteiger partial charge in [0.15, 0.2) is 0 Å². The van der Waals surface area contributed by atoms with Gasteiger partial charge in [0.2, 0.25) is 11.8 Å². The standard InChI is InChI=1S/C18H23N3O4/c1-11(2)15-18(24)21-9-8-20(10-14(21)16(22)19-15)17(23)12-4-6-13(25-3)7-5-12/h4-7,11,14-15H,8-10H2,1-3H3,(H,19,22)/t14-,15-/m1/s1. The largest absolute Gasteiger partial charge is 0.497 e. The van der Waals surface area contributed by atoms with Gasteiger partial charge in [-0.15, -0.1) is 0 Å². The van der Waals surface area contributed by atoms with Gasteiger partial charge < -0.3 is 19.9 Å². The number of amides is 3. The number of rotatable bonds is 3. The van der Waals surface area contributed by atoms with Crippen molar-refractivity contribution in [2.75, 3.05) is 26.7 Å². The Morgan fingerprint density at radius 1 is 1.20 bits per heavy atom. The molecule has 0 bridgehead atoms. The molecule has 1 N–H and O–H groups in total. The average Bonchev–Trinajstić information content (AvgIpc) is 2.63. The normalized spacial score (nSPS) is 23.4. The molecule has 1 aromatic rings. The van der Waals surface area contributed by atoms with Crippen LogP contribution in [-0.2, 0) is 9.59 Å². The molecule has 0 aromatic heterocycles. The maximum Gasteiger partial charge on any atom is 0.254 e. The highest BCUT2D eigenvalue weighted by Crippen LogP contribution is 2.21. The van der Waals surface area contributed by atoms with E-state index in [0.29, 0.717) is 24.4 Å². The fourth-order valence-corrected chi connectivity index (χ4v) is 3.31. The lowest BCUT2D eigenvalue weighted by Crippen LogP contribution is -2.70. The van der Waals surface area contributed by atoms with Gasteiger partial charge in [-0.25, -0.2) is 0 Å². The van der Waals surface area contributed by atoms with Crippen LogP contribution >= 0.6 is 0 Å². The maximum absolute atomic E-state index is 12.7. The number of fused-ring (bicyclic) bond motifs is 1. The van der Waals surface area contributed by atoms with E-state index < -0.39 is 12.1 Å². The second-order valence-electron chi connectivity index (χ2n) is 6.76. The second-order valence-corrected chi connectivity index (χ2v) is 6.76. The van der Waals surface area contributed by atoms with Crippen molar-refractivity contribution in [1.82, 2.24) is 15.1 Å². The van der Waals surface area contributed by atoms with Crippen molar-refractivity contribution in [3.63, 3.8) is 0 Å². The SMILES string of the molecule is COc1ccc(C(=O)N2CCN3C(=O)[C@@H](C(C)C)NC(=O)[C@H]3C2)cc1. The zero-order chi connectivity index (χ0) is 18.1. The number of carbonyl (C=O) groups excluding carboxylic acids is 3. The number of piperazine rings is 2. The van der Waals surface area contributed by atoms with E-state index in [4.69, 9.17) is 4.74 Å². The number of hydrogen-bond acceptors (Lipinski definition) is 4. The lowest BCUT2D eigenvalue weighted by molar-refractivity contribution is -0.153. The van der Waals surface area contributed by atoms with Crippen LogP contribution in [-0.4, -0.2) is 66.3 Å². The lowest BCUT2D eigenvalue weighted by Gasteiger charge is -2.46. The van der Waals surface area contributed by atoms with Crippen LogP contribution in [0.25, 0.3) is 0 Å². The number of ether oxygens (including phenoxy) is 1. The summed E-state index contributed by atoms with van der Waals surface area (Å²) >= 11 is 0. The molecule has 7 heteroatoms. The van der Waals surface area contributed by atoms with Gasteiger partial charge >= 0.3 is 0 Å². The summed E-state index contributed by atoms with van der Waals surface area (Å²) in [5, 5.41) is 2.79. The Morgan fingerprint density at radius 2 is 1.88 bits per heavy atom. The molecule has 2 aliphatic rings. The van der Waals surface area contributed by atoms with E-state index in [1.165, 1.54) is 0 Å². The lowest BCUT2D eigenvalue weighted by atomic mass is 9.96. The molecule has 2 fully saturated rings. The zero-order valence-corrected chi connectivity index (χ0v) is 14.7. The second kappa shape index (κ2) is 6.74. The molecule has 2 atom stereocenters. The first-order valence-electron chi connectivity index (χ1n) is 8.46. The van der Waals surface area contributed by atoms with Gasteiger partial charge in [-0.05, 0) is 30.2 Å². The van der Waals surface area contributed by atoms with Crippen molar-refractivity contribution in [1.29, 1.82) is 0 Å². The van der Waals surface area contributed by atoms with Crippen molar-refractivity contribution in [2.45, 2.75) is 25.9 Å². The third-order valence-electron chi connectivity index (χ3n) is 4.82. The Labute approximate surface area is 146 Å². The molecule has 134 valence electrons. The molecule has 7 nitrogen and oxygen atoms in total. The van der Waals surface area contributed by atoms with Gasteiger partial charge in [-0.2, -0.15) is 0 Å². The van der Waals surface area contributed by atoms with Crippen molar-refractivity contribution in [3.05, 3.63) is 29.8 Å². The first-order valence-corrected chi connectivity index (χ1v) is 8.46. The minimum Gasteiger partial charge on any atom is -0.497 e. The number of nitrogens with one attached hydrogen (secondary N) is 1. The summed E-state index contributed by atoms with van der Waals surface area (Å²) in [6.45, 7) is 4.83. The van der Waals surface area contributed by atoms with E-state index >= 15 is 0 Å². The average molecular weight is 345 g/mol. The summed E-state index contributed by atoms with van der Waals surface area (Å²) in [7, 11) is 1.57. The summed E-state index contributed by atoms with van der Waals surface area (Å²) < 4.78 is 5.10. The Bertz CT molecular complexity index is 686. The van der Waals surface area contributed by atoms with E-state index in [9.17, 15) is 14.4 Å². The fraction of sp³-hybridized carbons (Fsp3) is 0.500. The minimum atomic E-state index is -0.613. The molecule has 3 rings (SSSR count). The quantitative estimate of drug-likeness (QED) is 0.865. The van der Waals surface area contributed by atoms with Crippen LogP contribution in [0, 0.1) is 5.92 Å². The highest BCUT2D eigenvalue weighted by atomic mass is 16.5. The van der Waals surface area contributed by atoms with Crippen LogP contribution in [0.2, 0.25) is 0 Å². The van der Waals surface area contributed by atoms with Crippen molar-refractivity contribution in [2.24, 2.45) is 5.92 Å². The summed E-state index contributed by atoms with van der Waals surface area (Å²) in [6, 6.07) is 5.77. The number of nitrogens with zero attached hydrogens (tertiary/aromatic N) is 2. The molecule has 2 heterocycles. The molecule has 0 saturated carbocycles.